The average molecular weight is 546 g/mol. The number of benzene rings is 1. The predicted octanol–water partition coefficient (Wildman–Crippen LogP) is 4.10. The zero-order chi connectivity index (χ0) is 27.6. The third-order valence-electron chi connectivity index (χ3n) is 8.39. The Kier molecular flexibility index (Phi) is 6.06. The lowest BCUT2D eigenvalue weighted by Crippen LogP contribution is -2.39. The van der Waals surface area contributed by atoms with Gasteiger partial charge in [-0.25, -0.2) is 0 Å². The van der Waals surface area contributed by atoms with Gasteiger partial charge >= 0.3 is 0 Å². The van der Waals surface area contributed by atoms with Crippen LogP contribution >= 0.6 is 11.3 Å². The molecule has 0 bridgehead atoms. The van der Waals surface area contributed by atoms with E-state index < -0.39 is 23.7 Å². The normalized spacial score (nSPS) is 26.2. The zero-order valence-corrected chi connectivity index (χ0v) is 22.5. The van der Waals surface area contributed by atoms with Gasteiger partial charge in [0.15, 0.2) is 11.6 Å². The van der Waals surface area contributed by atoms with Crippen LogP contribution in [0, 0.1) is 17.8 Å². The van der Waals surface area contributed by atoms with Crippen molar-refractivity contribution in [2.75, 3.05) is 14.2 Å². The first kappa shape index (κ1) is 25.3. The number of allylic oxidation sites excluding steroid dienone is 6. The van der Waals surface area contributed by atoms with Gasteiger partial charge in [-0.1, -0.05) is 17.7 Å². The number of ether oxygens (including phenoxy) is 2. The Hall–Kier alpha value is -3.98. The number of likely N-dealkylation sites (tertiary alicyclic amines) is 1. The number of carbonyl (C=O) groups excluding carboxylic acids is 4. The number of methoxy groups -OCH3 is 2. The minimum absolute atomic E-state index is 0.147. The Balaban J connectivity index is 1.51. The molecular weight excluding hydrogens is 518 g/mol. The van der Waals surface area contributed by atoms with Crippen molar-refractivity contribution in [2.24, 2.45) is 17.8 Å². The van der Waals surface area contributed by atoms with Crippen LogP contribution in [0.4, 0.5) is 0 Å². The Morgan fingerprint density at radius 2 is 1.87 bits per heavy atom. The van der Waals surface area contributed by atoms with Crippen molar-refractivity contribution in [3.8, 4) is 17.2 Å². The molecule has 0 saturated carbocycles. The fourth-order valence-electron chi connectivity index (χ4n) is 6.66. The van der Waals surface area contributed by atoms with Gasteiger partial charge in [0.1, 0.15) is 17.2 Å². The van der Waals surface area contributed by atoms with Gasteiger partial charge in [0.25, 0.3) is 0 Å². The first-order valence-electron chi connectivity index (χ1n) is 12.8. The molecule has 8 nitrogen and oxygen atoms in total. The molecule has 1 aliphatic heterocycles. The monoisotopic (exact) mass is 545 g/mol. The maximum atomic E-state index is 13.8. The fraction of sp³-hybridized carbons (Fsp3) is 0.333. The van der Waals surface area contributed by atoms with Gasteiger partial charge < -0.3 is 14.6 Å². The number of hydrogen-bond acceptors (Lipinski definition) is 8. The highest BCUT2D eigenvalue weighted by Gasteiger charge is 2.56. The van der Waals surface area contributed by atoms with Crippen LogP contribution in [0.1, 0.15) is 36.1 Å². The molecule has 4 unspecified atom stereocenters. The molecule has 1 aromatic carbocycles. The SMILES string of the molecule is COc1cc(O)c(C2C3=CCC4C(=O)N(Cc5cccs5)C(=O)C4C3CC3=C2C(=O)C=C(C)C3=O)c(OC)c1. The number of amides is 2. The fourth-order valence-corrected chi connectivity index (χ4v) is 7.35. The van der Waals surface area contributed by atoms with Gasteiger partial charge in [-0.3, -0.25) is 24.1 Å². The molecule has 3 aliphatic carbocycles. The number of rotatable bonds is 5. The molecule has 0 radical (unpaired) electrons. The number of nitrogens with zero attached hydrogens (tertiary/aromatic N) is 1. The van der Waals surface area contributed by atoms with Gasteiger partial charge in [0.2, 0.25) is 11.8 Å². The third kappa shape index (κ3) is 3.78. The molecule has 0 spiro atoms. The summed E-state index contributed by atoms with van der Waals surface area (Å²) in [6.45, 7) is 1.82. The molecule has 1 saturated heterocycles. The van der Waals surface area contributed by atoms with Gasteiger partial charge in [-0.05, 0) is 43.2 Å². The molecule has 9 heteroatoms. The van der Waals surface area contributed by atoms with E-state index in [1.165, 1.54) is 42.6 Å². The highest BCUT2D eigenvalue weighted by Crippen LogP contribution is 2.57. The summed E-state index contributed by atoms with van der Waals surface area (Å²) in [7, 11) is 2.93. The molecule has 4 atom stereocenters. The number of phenols is 1. The predicted molar refractivity (Wildman–Crippen MR) is 142 cm³/mol. The van der Waals surface area contributed by atoms with E-state index in [1.54, 1.807) is 13.0 Å². The van der Waals surface area contributed by atoms with Gasteiger partial charge in [0.05, 0.1) is 32.6 Å². The van der Waals surface area contributed by atoms with E-state index in [0.29, 0.717) is 34.6 Å². The molecule has 2 amide bonds. The van der Waals surface area contributed by atoms with Crippen LogP contribution in [0.5, 0.6) is 17.2 Å². The number of thiophene rings is 1. The van der Waals surface area contributed by atoms with Crippen LogP contribution in [-0.2, 0) is 25.7 Å². The molecule has 1 aromatic heterocycles. The summed E-state index contributed by atoms with van der Waals surface area (Å²) < 4.78 is 10.9. The lowest BCUT2D eigenvalue weighted by Gasteiger charge is -2.42. The number of fused-ring (bicyclic) bond motifs is 3. The minimum atomic E-state index is -0.810. The van der Waals surface area contributed by atoms with Crippen molar-refractivity contribution < 1.29 is 33.8 Å². The summed E-state index contributed by atoms with van der Waals surface area (Å²) in [5.74, 6) is -2.99. The highest BCUT2D eigenvalue weighted by molar-refractivity contribution is 7.09. The Labute approximate surface area is 229 Å². The second-order valence-corrected chi connectivity index (χ2v) is 11.4. The first-order valence-corrected chi connectivity index (χ1v) is 13.7. The molecule has 1 fully saturated rings. The van der Waals surface area contributed by atoms with Crippen LogP contribution in [0.25, 0.3) is 0 Å². The van der Waals surface area contributed by atoms with E-state index >= 15 is 0 Å². The van der Waals surface area contributed by atoms with Crippen molar-refractivity contribution in [3.63, 3.8) is 0 Å². The summed E-state index contributed by atoms with van der Waals surface area (Å²) >= 11 is 1.48. The Morgan fingerprint density at radius 3 is 2.56 bits per heavy atom. The van der Waals surface area contributed by atoms with E-state index in [0.717, 1.165) is 10.5 Å². The van der Waals surface area contributed by atoms with Gasteiger partial charge in [-0.2, -0.15) is 0 Å². The summed E-state index contributed by atoms with van der Waals surface area (Å²) in [6, 6.07) is 6.84. The Morgan fingerprint density at radius 1 is 1.08 bits per heavy atom. The molecule has 6 rings (SSSR count). The van der Waals surface area contributed by atoms with E-state index in [4.69, 9.17) is 9.47 Å². The molecule has 1 N–H and O–H groups in total. The lowest BCUT2D eigenvalue weighted by molar-refractivity contribution is -0.140. The summed E-state index contributed by atoms with van der Waals surface area (Å²) in [5.41, 5.74) is 2.04. The van der Waals surface area contributed by atoms with Crippen LogP contribution in [0.2, 0.25) is 0 Å². The lowest BCUT2D eigenvalue weighted by atomic mass is 9.59. The van der Waals surface area contributed by atoms with Crippen molar-refractivity contribution in [2.45, 2.75) is 32.2 Å². The largest absolute Gasteiger partial charge is 0.507 e. The van der Waals surface area contributed by atoms with E-state index in [1.807, 2.05) is 23.6 Å². The zero-order valence-electron chi connectivity index (χ0n) is 21.7. The van der Waals surface area contributed by atoms with Gasteiger partial charge in [-0.15, -0.1) is 11.3 Å². The molecule has 2 heterocycles. The Bertz CT molecular complexity index is 1530. The maximum Gasteiger partial charge on any atom is 0.234 e. The number of Topliss-reactive ketones (excluding diaryl/α,β-unsaturated/α-hetero) is 1. The van der Waals surface area contributed by atoms with E-state index in [-0.39, 0.29) is 47.7 Å². The maximum absolute atomic E-state index is 13.8. The van der Waals surface area contributed by atoms with E-state index in [2.05, 4.69) is 0 Å². The smallest absolute Gasteiger partial charge is 0.234 e. The van der Waals surface area contributed by atoms with E-state index in [9.17, 15) is 24.3 Å². The van der Waals surface area contributed by atoms with Gasteiger partial charge in [0, 0.05) is 45.2 Å². The van der Waals surface area contributed by atoms with Crippen molar-refractivity contribution in [1.82, 2.24) is 4.90 Å². The third-order valence-corrected chi connectivity index (χ3v) is 9.25. The molecule has 4 aliphatic rings. The minimum Gasteiger partial charge on any atom is -0.507 e. The molecule has 200 valence electrons. The van der Waals surface area contributed by atoms with Crippen molar-refractivity contribution in [1.29, 1.82) is 0 Å². The number of phenolic OH excluding ortho intramolecular Hbond substituents is 1. The topological polar surface area (TPSA) is 110 Å². The number of ketones is 2. The van der Waals surface area contributed by atoms with Crippen LogP contribution in [0.15, 0.2) is 64.1 Å². The first-order chi connectivity index (χ1) is 18.7. The second kappa shape index (κ2) is 9.34. The number of carbonyl (C=O) groups is 4. The quantitative estimate of drug-likeness (QED) is 0.342. The number of imide groups is 1. The van der Waals surface area contributed by atoms with Crippen LogP contribution in [-0.4, -0.2) is 47.6 Å². The van der Waals surface area contributed by atoms with Crippen LogP contribution in [0.3, 0.4) is 0 Å². The standard InChI is InChI=1S/C30H27NO7S/c1-14-9-21(32)25-20(28(14)34)12-19-17(26(25)27-22(33)10-15(37-2)11-23(27)38-3)6-7-18-24(19)30(36)31(29(18)35)13-16-5-4-8-39-16/h4-6,8-11,18-19,24,26,33H,7,12-13H2,1-3H3. The average Bonchev–Trinajstić information content (AvgIpc) is 3.53. The van der Waals surface area contributed by atoms with Crippen LogP contribution < -0.4 is 9.47 Å². The summed E-state index contributed by atoms with van der Waals surface area (Å²) in [4.78, 5) is 56.4. The number of aromatic hydroxyl groups is 1. The van der Waals surface area contributed by atoms with Crippen molar-refractivity contribution in [3.05, 3.63) is 74.5 Å². The second-order valence-electron chi connectivity index (χ2n) is 10.3. The van der Waals surface area contributed by atoms with Crippen molar-refractivity contribution >= 4 is 34.7 Å². The molecule has 39 heavy (non-hydrogen) atoms. The number of hydrogen-bond donors (Lipinski definition) is 1. The summed E-state index contributed by atoms with van der Waals surface area (Å²) in [5, 5.41) is 13.1. The summed E-state index contributed by atoms with van der Waals surface area (Å²) in [6.07, 6.45) is 3.77. The molecule has 2 aromatic rings. The highest BCUT2D eigenvalue weighted by atomic mass is 32.1. The molecular formula is C30H27NO7S.